The number of anilines is 1. The lowest BCUT2D eigenvalue weighted by Crippen LogP contribution is -2.41. The van der Waals surface area contributed by atoms with Crippen molar-refractivity contribution in [1.29, 1.82) is 0 Å². The van der Waals surface area contributed by atoms with Crippen molar-refractivity contribution in [3.63, 3.8) is 0 Å². The Morgan fingerprint density at radius 1 is 1.32 bits per heavy atom. The lowest BCUT2D eigenvalue weighted by Gasteiger charge is -2.37. The molecule has 2 aromatic rings. The molecule has 0 aliphatic carbocycles. The summed E-state index contributed by atoms with van der Waals surface area (Å²) in [7, 11) is 0. The molecule has 4 heteroatoms. The van der Waals surface area contributed by atoms with Crippen LogP contribution in [-0.2, 0) is 6.61 Å². The van der Waals surface area contributed by atoms with Gasteiger partial charge in [0.1, 0.15) is 5.65 Å². The highest BCUT2D eigenvalue weighted by Gasteiger charge is 2.27. The first-order valence-electron chi connectivity index (χ1n) is 7.04. The van der Waals surface area contributed by atoms with Gasteiger partial charge in [0, 0.05) is 18.8 Å². The van der Waals surface area contributed by atoms with E-state index in [0.717, 1.165) is 23.7 Å². The molecule has 0 aromatic carbocycles. The van der Waals surface area contributed by atoms with Crippen LogP contribution in [0.15, 0.2) is 24.4 Å². The summed E-state index contributed by atoms with van der Waals surface area (Å²) in [6.45, 7) is 5.58. The quantitative estimate of drug-likeness (QED) is 0.900. The molecule has 19 heavy (non-hydrogen) atoms. The van der Waals surface area contributed by atoms with E-state index in [1.54, 1.807) is 0 Å². The highest BCUT2D eigenvalue weighted by molar-refractivity contribution is 5.56. The molecule has 1 N–H and O–H groups in total. The largest absolute Gasteiger partial charge is 0.390 e. The van der Waals surface area contributed by atoms with E-state index in [1.165, 1.54) is 12.8 Å². The molecule has 1 aliphatic heterocycles. The van der Waals surface area contributed by atoms with Gasteiger partial charge in [-0.25, -0.2) is 4.98 Å². The molecule has 0 amide bonds. The van der Waals surface area contributed by atoms with Crippen LogP contribution in [0, 0.1) is 5.92 Å². The van der Waals surface area contributed by atoms with Gasteiger partial charge in [-0.05, 0) is 37.8 Å². The average molecular weight is 259 g/mol. The SMILES string of the molecule is CC1CCC(C)N(c2nc3ccccn3c2CO)C1. The normalized spacial score (nSPS) is 24.1. The van der Waals surface area contributed by atoms with Gasteiger partial charge in [-0.15, -0.1) is 0 Å². The molecule has 0 saturated carbocycles. The third-order valence-corrected chi connectivity index (χ3v) is 4.15. The summed E-state index contributed by atoms with van der Waals surface area (Å²) in [5, 5.41) is 9.70. The fraction of sp³-hybridized carbons (Fsp3) is 0.533. The van der Waals surface area contributed by atoms with Crippen molar-refractivity contribution in [3.05, 3.63) is 30.1 Å². The molecule has 2 aromatic heterocycles. The Balaban J connectivity index is 2.08. The number of aliphatic hydroxyl groups is 1. The number of rotatable bonds is 2. The lowest BCUT2D eigenvalue weighted by atomic mass is 9.95. The molecule has 1 saturated heterocycles. The van der Waals surface area contributed by atoms with Gasteiger partial charge in [0.15, 0.2) is 5.82 Å². The molecule has 1 aliphatic rings. The van der Waals surface area contributed by atoms with E-state index in [2.05, 4.69) is 18.7 Å². The third-order valence-electron chi connectivity index (χ3n) is 4.15. The Hall–Kier alpha value is -1.55. The van der Waals surface area contributed by atoms with Gasteiger partial charge in [-0.3, -0.25) is 4.40 Å². The lowest BCUT2D eigenvalue weighted by molar-refractivity contribution is 0.275. The van der Waals surface area contributed by atoms with Crippen molar-refractivity contribution in [3.8, 4) is 0 Å². The second-order valence-corrected chi connectivity index (χ2v) is 5.65. The molecule has 4 nitrogen and oxygen atoms in total. The molecule has 2 atom stereocenters. The minimum Gasteiger partial charge on any atom is -0.390 e. The van der Waals surface area contributed by atoms with E-state index >= 15 is 0 Å². The number of nitrogens with zero attached hydrogens (tertiary/aromatic N) is 3. The maximum atomic E-state index is 9.70. The highest BCUT2D eigenvalue weighted by Crippen LogP contribution is 2.30. The number of hydrogen-bond donors (Lipinski definition) is 1. The fourth-order valence-electron chi connectivity index (χ4n) is 2.99. The number of piperidine rings is 1. The van der Waals surface area contributed by atoms with Gasteiger partial charge in [0.2, 0.25) is 0 Å². The van der Waals surface area contributed by atoms with Crippen molar-refractivity contribution in [1.82, 2.24) is 9.38 Å². The standard InChI is InChI=1S/C15H21N3O/c1-11-6-7-12(2)18(9-11)15-13(10-19)17-8-4-3-5-14(17)16-15/h3-5,8,11-12,19H,6-7,9-10H2,1-2H3. The van der Waals surface area contributed by atoms with E-state index < -0.39 is 0 Å². The van der Waals surface area contributed by atoms with Crippen LogP contribution in [0.2, 0.25) is 0 Å². The smallest absolute Gasteiger partial charge is 0.153 e. The third kappa shape index (κ3) is 2.10. The van der Waals surface area contributed by atoms with Crippen LogP contribution in [0.4, 0.5) is 5.82 Å². The summed E-state index contributed by atoms with van der Waals surface area (Å²) in [5.74, 6) is 1.64. The monoisotopic (exact) mass is 259 g/mol. The summed E-state index contributed by atoms with van der Waals surface area (Å²) < 4.78 is 1.99. The van der Waals surface area contributed by atoms with Gasteiger partial charge in [-0.2, -0.15) is 0 Å². The Kier molecular flexibility index (Phi) is 3.19. The van der Waals surface area contributed by atoms with Crippen LogP contribution < -0.4 is 4.90 Å². The fourth-order valence-corrected chi connectivity index (χ4v) is 2.99. The maximum Gasteiger partial charge on any atom is 0.153 e. The zero-order valence-electron chi connectivity index (χ0n) is 11.6. The zero-order valence-corrected chi connectivity index (χ0v) is 11.6. The Labute approximate surface area is 113 Å². The van der Waals surface area contributed by atoms with Crippen LogP contribution in [-0.4, -0.2) is 27.1 Å². The Bertz CT molecular complexity index is 578. The second-order valence-electron chi connectivity index (χ2n) is 5.65. The maximum absolute atomic E-state index is 9.70. The highest BCUT2D eigenvalue weighted by atomic mass is 16.3. The number of fused-ring (bicyclic) bond motifs is 1. The summed E-state index contributed by atoms with van der Waals surface area (Å²) in [5.41, 5.74) is 1.81. The first kappa shape index (κ1) is 12.5. The first-order valence-corrected chi connectivity index (χ1v) is 7.04. The van der Waals surface area contributed by atoms with Gasteiger partial charge in [0.25, 0.3) is 0 Å². The number of hydrogen-bond acceptors (Lipinski definition) is 3. The van der Waals surface area contributed by atoms with E-state index in [9.17, 15) is 5.11 Å². The first-order chi connectivity index (χ1) is 9.20. The number of aromatic nitrogens is 2. The van der Waals surface area contributed by atoms with Crippen LogP contribution in [0.3, 0.4) is 0 Å². The van der Waals surface area contributed by atoms with Gasteiger partial charge in [0.05, 0.1) is 12.3 Å². The van der Waals surface area contributed by atoms with Crippen molar-refractivity contribution < 1.29 is 5.11 Å². The topological polar surface area (TPSA) is 40.8 Å². The van der Waals surface area contributed by atoms with E-state index in [-0.39, 0.29) is 6.61 Å². The molecule has 0 spiro atoms. The molecule has 3 rings (SSSR count). The summed E-state index contributed by atoms with van der Waals surface area (Å²) in [4.78, 5) is 7.07. The van der Waals surface area contributed by atoms with Crippen molar-refractivity contribution in [2.75, 3.05) is 11.4 Å². The van der Waals surface area contributed by atoms with Crippen molar-refractivity contribution >= 4 is 11.5 Å². The van der Waals surface area contributed by atoms with Crippen molar-refractivity contribution in [2.45, 2.75) is 39.3 Å². The molecule has 2 unspecified atom stereocenters. The summed E-state index contributed by atoms with van der Waals surface area (Å²) >= 11 is 0. The van der Waals surface area contributed by atoms with E-state index in [0.29, 0.717) is 12.0 Å². The Morgan fingerprint density at radius 3 is 2.95 bits per heavy atom. The van der Waals surface area contributed by atoms with E-state index in [1.807, 2.05) is 28.8 Å². The number of pyridine rings is 1. The molecule has 102 valence electrons. The Morgan fingerprint density at radius 2 is 2.16 bits per heavy atom. The molecule has 3 heterocycles. The van der Waals surface area contributed by atoms with Crippen molar-refractivity contribution in [2.24, 2.45) is 5.92 Å². The van der Waals surface area contributed by atoms with Gasteiger partial charge >= 0.3 is 0 Å². The molecule has 0 radical (unpaired) electrons. The van der Waals surface area contributed by atoms with E-state index in [4.69, 9.17) is 4.98 Å². The minimum absolute atomic E-state index is 0.0259. The molecule has 0 bridgehead atoms. The van der Waals surface area contributed by atoms with Gasteiger partial charge in [-0.1, -0.05) is 13.0 Å². The zero-order chi connectivity index (χ0) is 13.4. The predicted octanol–water partition coefficient (Wildman–Crippen LogP) is 2.45. The minimum atomic E-state index is 0.0259. The second kappa shape index (κ2) is 4.85. The molecular weight excluding hydrogens is 238 g/mol. The molecular formula is C15H21N3O. The number of imidazole rings is 1. The summed E-state index contributed by atoms with van der Waals surface area (Å²) in [6, 6.07) is 6.43. The molecule has 1 fully saturated rings. The van der Waals surface area contributed by atoms with Crippen LogP contribution in [0.25, 0.3) is 5.65 Å². The van der Waals surface area contributed by atoms with Crippen LogP contribution in [0.5, 0.6) is 0 Å². The predicted molar refractivity (Wildman–Crippen MR) is 76.3 cm³/mol. The average Bonchev–Trinajstić information content (AvgIpc) is 2.79. The number of aliphatic hydroxyl groups excluding tert-OH is 1. The summed E-state index contributed by atoms with van der Waals surface area (Å²) in [6.07, 6.45) is 4.44. The van der Waals surface area contributed by atoms with Crippen LogP contribution >= 0.6 is 0 Å². The van der Waals surface area contributed by atoms with Gasteiger partial charge < -0.3 is 10.0 Å². The van der Waals surface area contributed by atoms with Crippen LogP contribution in [0.1, 0.15) is 32.4 Å².